The number of aliphatic hydroxyl groups is 4. The van der Waals surface area contributed by atoms with E-state index < -0.39 is 6.10 Å². The molecule has 0 fully saturated rings. The fourth-order valence-electron chi connectivity index (χ4n) is 0.864. The summed E-state index contributed by atoms with van der Waals surface area (Å²) >= 11 is 0. The van der Waals surface area contributed by atoms with Gasteiger partial charge in [-0.15, -0.1) is 0 Å². The first-order valence-electron chi connectivity index (χ1n) is 6.36. The van der Waals surface area contributed by atoms with Crippen molar-refractivity contribution in [2.75, 3.05) is 39.6 Å². The van der Waals surface area contributed by atoms with Crippen LogP contribution in [0.5, 0.6) is 0 Å². The topological polar surface area (TPSA) is 99.4 Å². The van der Waals surface area contributed by atoms with Crippen LogP contribution in [0.3, 0.4) is 0 Å². The summed E-state index contributed by atoms with van der Waals surface area (Å²) in [5, 5.41) is 33.9. The van der Waals surface area contributed by atoms with Crippen molar-refractivity contribution in [1.82, 2.24) is 0 Å². The molecule has 0 radical (unpaired) electrons. The molecule has 0 heterocycles. The molecule has 0 aliphatic carbocycles. The lowest BCUT2D eigenvalue weighted by atomic mass is 10.4. The summed E-state index contributed by atoms with van der Waals surface area (Å²) in [4.78, 5) is 0. The Kier molecular flexibility index (Phi) is 18.7. The second-order valence-electron chi connectivity index (χ2n) is 3.77. The van der Waals surface area contributed by atoms with E-state index >= 15 is 0 Å². The molecule has 0 bridgehead atoms. The van der Waals surface area contributed by atoms with Gasteiger partial charge in [-0.05, 0) is 12.8 Å². The Bertz CT molecular complexity index is 141. The summed E-state index contributed by atoms with van der Waals surface area (Å²) in [5.41, 5.74) is 0. The third kappa shape index (κ3) is 15.8. The average molecular weight is 268 g/mol. The predicted molar refractivity (Wildman–Crippen MR) is 68.4 cm³/mol. The quantitative estimate of drug-likeness (QED) is 0.400. The summed E-state index contributed by atoms with van der Waals surface area (Å²) in [6, 6.07) is 0. The second kappa shape index (κ2) is 16.8. The predicted octanol–water partition coefficient (Wildman–Crippen LogP) is -0.468. The van der Waals surface area contributed by atoms with Crippen LogP contribution in [0, 0.1) is 0 Å². The summed E-state index contributed by atoms with van der Waals surface area (Å²) in [7, 11) is 0. The van der Waals surface area contributed by atoms with Gasteiger partial charge in [-0.25, -0.2) is 0 Å². The van der Waals surface area contributed by atoms with Gasteiger partial charge in [-0.3, -0.25) is 0 Å². The molecule has 0 rings (SSSR count). The van der Waals surface area contributed by atoms with Crippen LogP contribution in [0.15, 0.2) is 0 Å². The van der Waals surface area contributed by atoms with E-state index in [1.54, 1.807) is 0 Å². The minimum Gasteiger partial charge on any atom is -0.394 e. The first kappa shape index (κ1) is 20.1. The minimum atomic E-state index is -0.712. The summed E-state index contributed by atoms with van der Waals surface area (Å²) in [6.07, 6.45) is 0.760. The van der Waals surface area contributed by atoms with E-state index in [-0.39, 0.29) is 32.5 Å². The molecule has 6 nitrogen and oxygen atoms in total. The van der Waals surface area contributed by atoms with Crippen LogP contribution in [-0.4, -0.2) is 72.3 Å². The van der Waals surface area contributed by atoms with Crippen molar-refractivity contribution < 1.29 is 29.9 Å². The molecule has 4 N–H and O–H groups in total. The Balaban J connectivity index is 0. The summed E-state index contributed by atoms with van der Waals surface area (Å²) in [5.74, 6) is 0. The van der Waals surface area contributed by atoms with Crippen molar-refractivity contribution in [3.63, 3.8) is 0 Å². The van der Waals surface area contributed by atoms with Crippen LogP contribution in [0.25, 0.3) is 0 Å². The molecule has 0 aromatic heterocycles. The zero-order valence-electron chi connectivity index (χ0n) is 11.4. The lowest BCUT2D eigenvalue weighted by Crippen LogP contribution is -2.22. The zero-order chi connectivity index (χ0) is 14.2. The first-order valence-corrected chi connectivity index (χ1v) is 6.36. The van der Waals surface area contributed by atoms with Gasteiger partial charge >= 0.3 is 0 Å². The molecule has 0 saturated carbocycles. The molecule has 0 aliphatic rings. The number of aliphatic hydroxyl groups excluding tert-OH is 4. The number of ether oxygens (including phenoxy) is 2. The van der Waals surface area contributed by atoms with Gasteiger partial charge in [-0.1, -0.05) is 13.8 Å². The van der Waals surface area contributed by atoms with Gasteiger partial charge in [0.05, 0.1) is 26.4 Å². The van der Waals surface area contributed by atoms with Crippen LogP contribution in [0.2, 0.25) is 0 Å². The minimum absolute atomic E-state index is 0.101. The highest BCUT2D eigenvalue weighted by atomic mass is 16.5. The zero-order valence-corrected chi connectivity index (χ0v) is 11.4. The van der Waals surface area contributed by atoms with Gasteiger partial charge in [0.2, 0.25) is 0 Å². The Hall–Kier alpha value is -0.240. The van der Waals surface area contributed by atoms with Crippen LogP contribution in [0.4, 0.5) is 0 Å². The Labute approximate surface area is 109 Å². The van der Waals surface area contributed by atoms with E-state index in [0.717, 1.165) is 12.8 Å². The summed E-state index contributed by atoms with van der Waals surface area (Å²) in [6.45, 7) is 5.04. The molecule has 0 amide bonds. The van der Waals surface area contributed by atoms with E-state index in [2.05, 4.69) is 0 Å². The number of hydrogen-bond acceptors (Lipinski definition) is 6. The highest BCUT2D eigenvalue weighted by Crippen LogP contribution is 1.89. The maximum atomic E-state index is 8.71. The van der Waals surface area contributed by atoms with Crippen LogP contribution in [0.1, 0.15) is 26.7 Å². The van der Waals surface area contributed by atoms with Gasteiger partial charge in [0.15, 0.2) is 0 Å². The Morgan fingerprint density at radius 1 is 0.889 bits per heavy atom. The van der Waals surface area contributed by atoms with Crippen molar-refractivity contribution in [1.29, 1.82) is 0 Å². The molecule has 1 atom stereocenters. The van der Waals surface area contributed by atoms with Crippen molar-refractivity contribution in [3.05, 3.63) is 0 Å². The molecule has 0 aromatic carbocycles. The van der Waals surface area contributed by atoms with E-state index in [1.165, 1.54) is 0 Å². The van der Waals surface area contributed by atoms with E-state index in [1.807, 2.05) is 13.8 Å². The lowest BCUT2D eigenvalue weighted by Gasteiger charge is -2.10. The number of hydrogen-bond donors (Lipinski definition) is 4. The van der Waals surface area contributed by atoms with Crippen LogP contribution in [-0.2, 0) is 9.47 Å². The molecule has 6 heteroatoms. The van der Waals surface area contributed by atoms with Gasteiger partial charge in [0, 0.05) is 13.2 Å². The van der Waals surface area contributed by atoms with Crippen LogP contribution >= 0.6 is 0 Å². The molecular weight excluding hydrogens is 240 g/mol. The molecular formula is C12H28O6. The van der Waals surface area contributed by atoms with Crippen LogP contribution < -0.4 is 0 Å². The van der Waals surface area contributed by atoms with E-state index in [4.69, 9.17) is 29.9 Å². The molecule has 112 valence electrons. The molecule has 1 unspecified atom stereocenters. The highest BCUT2D eigenvalue weighted by Gasteiger charge is 2.02. The maximum absolute atomic E-state index is 8.71. The Morgan fingerprint density at radius 2 is 1.44 bits per heavy atom. The van der Waals surface area contributed by atoms with E-state index in [9.17, 15) is 0 Å². The maximum Gasteiger partial charge on any atom is 0.104 e. The van der Waals surface area contributed by atoms with Gasteiger partial charge < -0.3 is 29.9 Å². The van der Waals surface area contributed by atoms with Gasteiger partial charge in [0.25, 0.3) is 0 Å². The largest absolute Gasteiger partial charge is 0.394 e. The first-order chi connectivity index (χ1) is 8.65. The molecule has 0 saturated heterocycles. The van der Waals surface area contributed by atoms with Crippen molar-refractivity contribution in [3.8, 4) is 0 Å². The lowest BCUT2D eigenvalue weighted by molar-refractivity contribution is -0.0192. The Morgan fingerprint density at radius 3 is 1.83 bits per heavy atom. The van der Waals surface area contributed by atoms with Crippen molar-refractivity contribution in [2.45, 2.75) is 38.9 Å². The SMILES string of the molecule is CCCOC(CO)CO.CCCOCC(O)CO. The average Bonchev–Trinajstić information content (AvgIpc) is 2.41. The van der Waals surface area contributed by atoms with Gasteiger partial charge in [-0.2, -0.15) is 0 Å². The number of rotatable bonds is 10. The normalized spacial score (nSPS) is 12.2. The summed E-state index contributed by atoms with van der Waals surface area (Å²) < 4.78 is 9.92. The second-order valence-corrected chi connectivity index (χ2v) is 3.77. The fraction of sp³-hybridized carbons (Fsp3) is 1.00. The standard InChI is InChI=1S/2C6H14O3/c1-2-3-9-5-6(8)4-7;1-2-3-9-6(4-7)5-8/h2*6-8H,2-5H2,1H3. The van der Waals surface area contributed by atoms with Crippen molar-refractivity contribution in [2.24, 2.45) is 0 Å². The van der Waals surface area contributed by atoms with Crippen molar-refractivity contribution >= 4 is 0 Å². The smallest absolute Gasteiger partial charge is 0.104 e. The third-order valence-corrected chi connectivity index (χ3v) is 1.83. The highest BCUT2D eigenvalue weighted by molar-refractivity contribution is 4.50. The molecule has 0 aliphatic heterocycles. The molecule has 0 spiro atoms. The molecule has 18 heavy (non-hydrogen) atoms. The fourth-order valence-corrected chi connectivity index (χ4v) is 0.864. The third-order valence-electron chi connectivity index (χ3n) is 1.83. The van der Waals surface area contributed by atoms with E-state index in [0.29, 0.717) is 13.2 Å². The van der Waals surface area contributed by atoms with Gasteiger partial charge in [0.1, 0.15) is 12.2 Å². The molecule has 0 aromatic rings. The monoisotopic (exact) mass is 268 g/mol.